The molecule has 3 heterocycles. The zero-order chi connectivity index (χ0) is 18.3. The van der Waals surface area contributed by atoms with Crippen LogP contribution in [-0.2, 0) is 10.2 Å². The van der Waals surface area contributed by atoms with E-state index < -0.39 is 5.41 Å². The highest BCUT2D eigenvalue weighted by atomic mass is 16.2. The molecule has 4 rings (SSSR count). The van der Waals surface area contributed by atoms with E-state index >= 15 is 0 Å². The smallest absolute Gasteiger partial charge is 0.272 e. The molecule has 0 bridgehead atoms. The van der Waals surface area contributed by atoms with Crippen LogP contribution in [0.2, 0.25) is 0 Å². The van der Waals surface area contributed by atoms with Crippen LogP contribution in [0, 0.1) is 6.92 Å². The lowest BCUT2D eigenvalue weighted by Gasteiger charge is -2.39. The van der Waals surface area contributed by atoms with E-state index in [2.05, 4.69) is 20.3 Å². The van der Waals surface area contributed by atoms with Gasteiger partial charge in [-0.05, 0) is 31.9 Å². The third kappa shape index (κ3) is 2.87. The van der Waals surface area contributed by atoms with Gasteiger partial charge in [-0.15, -0.1) is 0 Å². The predicted octanol–water partition coefficient (Wildman–Crippen LogP) is 0.146. The van der Waals surface area contributed by atoms with Crippen LogP contribution in [0.1, 0.15) is 34.8 Å². The minimum Gasteiger partial charge on any atom is -0.349 e. The molecule has 2 aromatic heterocycles. The summed E-state index contributed by atoms with van der Waals surface area (Å²) in [6.07, 6.45) is 3.28. The summed E-state index contributed by atoms with van der Waals surface area (Å²) in [6.45, 7) is 2.46. The Morgan fingerprint density at radius 2 is 2.08 bits per heavy atom. The van der Waals surface area contributed by atoms with Crippen LogP contribution in [0.3, 0.4) is 0 Å². The maximum Gasteiger partial charge on any atom is 0.272 e. The minimum absolute atomic E-state index is 0.0292. The number of nitrogens with zero attached hydrogens (tertiary/aromatic N) is 3. The molecular formula is C18H19N5O3. The Kier molecular flexibility index (Phi) is 3.82. The Bertz CT molecular complexity index is 914. The van der Waals surface area contributed by atoms with Crippen molar-refractivity contribution in [2.75, 3.05) is 13.1 Å². The quantitative estimate of drug-likeness (QED) is 0.813. The van der Waals surface area contributed by atoms with E-state index in [0.29, 0.717) is 18.9 Å². The van der Waals surface area contributed by atoms with Gasteiger partial charge in [0.2, 0.25) is 5.91 Å². The first-order valence-corrected chi connectivity index (χ1v) is 8.58. The standard InChI is InChI=1S/C18H19N5O3/c1-11-20-13(8-15(24)21-11)16(25)23-9-12(10-23)22-17(26)18(5-6-18)14-4-2-3-7-19-14/h2-4,7-8,12H,5-6,9-10H2,1H3,(H,22,26)(H,20,21,24). The van der Waals surface area contributed by atoms with Crippen LogP contribution in [-0.4, -0.2) is 50.8 Å². The molecule has 1 saturated carbocycles. The number of amides is 2. The van der Waals surface area contributed by atoms with Crippen LogP contribution in [0.4, 0.5) is 0 Å². The summed E-state index contributed by atoms with van der Waals surface area (Å²) in [5, 5.41) is 3.02. The number of rotatable bonds is 4. The zero-order valence-electron chi connectivity index (χ0n) is 14.4. The fraction of sp³-hybridized carbons (Fsp3) is 0.389. The number of carbonyl (C=O) groups is 2. The monoisotopic (exact) mass is 353 g/mol. The molecule has 8 nitrogen and oxygen atoms in total. The molecule has 0 atom stereocenters. The number of nitrogens with one attached hydrogen (secondary N) is 2. The Morgan fingerprint density at radius 3 is 2.69 bits per heavy atom. The number of H-pyrrole nitrogens is 1. The fourth-order valence-electron chi connectivity index (χ4n) is 3.28. The summed E-state index contributed by atoms with van der Waals surface area (Å²) in [5.41, 5.74) is 0.0604. The lowest BCUT2D eigenvalue weighted by molar-refractivity contribution is -0.125. The fourth-order valence-corrected chi connectivity index (χ4v) is 3.28. The molecular weight excluding hydrogens is 334 g/mol. The van der Waals surface area contributed by atoms with Crippen molar-refractivity contribution in [3.63, 3.8) is 0 Å². The van der Waals surface area contributed by atoms with Crippen LogP contribution in [0.5, 0.6) is 0 Å². The van der Waals surface area contributed by atoms with Crippen molar-refractivity contribution >= 4 is 11.8 Å². The van der Waals surface area contributed by atoms with E-state index in [1.165, 1.54) is 6.07 Å². The summed E-state index contributed by atoms with van der Waals surface area (Å²) < 4.78 is 0. The van der Waals surface area contributed by atoms with Crippen molar-refractivity contribution in [2.24, 2.45) is 0 Å². The number of hydrogen-bond donors (Lipinski definition) is 2. The molecule has 2 fully saturated rings. The number of carbonyl (C=O) groups excluding carboxylic acids is 2. The van der Waals surface area contributed by atoms with Gasteiger partial charge in [-0.2, -0.15) is 0 Å². The van der Waals surface area contributed by atoms with E-state index in [9.17, 15) is 14.4 Å². The molecule has 1 saturated heterocycles. The van der Waals surface area contributed by atoms with Crippen molar-refractivity contribution < 1.29 is 9.59 Å². The molecule has 2 amide bonds. The number of hydrogen-bond acceptors (Lipinski definition) is 5. The summed E-state index contributed by atoms with van der Waals surface area (Å²) >= 11 is 0. The van der Waals surface area contributed by atoms with Gasteiger partial charge in [0.1, 0.15) is 11.5 Å². The summed E-state index contributed by atoms with van der Waals surface area (Å²) in [4.78, 5) is 49.0. The van der Waals surface area contributed by atoms with Crippen LogP contribution in [0.15, 0.2) is 35.3 Å². The first-order valence-electron chi connectivity index (χ1n) is 8.58. The number of pyridine rings is 1. The van der Waals surface area contributed by atoms with E-state index in [1.54, 1.807) is 18.0 Å². The molecule has 0 spiro atoms. The van der Waals surface area contributed by atoms with Gasteiger partial charge in [-0.3, -0.25) is 19.4 Å². The molecule has 2 aromatic rings. The highest BCUT2D eigenvalue weighted by Crippen LogP contribution is 2.47. The number of aromatic amines is 1. The van der Waals surface area contributed by atoms with Gasteiger partial charge in [-0.1, -0.05) is 6.07 Å². The number of aryl methyl sites for hydroxylation is 1. The van der Waals surface area contributed by atoms with Gasteiger partial charge in [0.15, 0.2) is 0 Å². The van der Waals surface area contributed by atoms with Gasteiger partial charge in [0, 0.05) is 25.4 Å². The third-order valence-corrected chi connectivity index (χ3v) is 4.92. The number of aromatic nitrogens is 3. The molecule has 1 aliphatic carbocycles. The zero-order valence-corrected chi connectivity index (χ0v) is 14.4. The molecule has 2 aliphatic rings. The van der Waals surface area contributed by atoms with Crippen molar-refractivity contribution in [3.8, 4) is 0 Å². The molecule has 0 aromatic carbocycles. The second-order valence-corrected chi connectivity index (χ2v) is 6.89. The second kappa shape index (κ2) is 6.05. The molecule has 1 aliphatic heterocycles. The van der Waals surface area contributed by atoms with E-state index in [1.807, 2.05) is 18.2 Å². The number of likely N-dealkylation sites (tertiary alicyclic amines) is 1. The molecule has 0 radical (unpaired) electrons. The minimum atomic E-state index is -0.517. The Hall–Kier alpha value is -3.03. The topological polar surface area (TPSA) is 108 Å². The Morgan fingerprint density at radius 1 is 1.31 bits per heavy atom. The van der Waals surface area contributed by atoms with Crippen LogP contribution < -0.4 is 10.9 Å². The van der Waals surface area contributed by atoms with Crippen molar-refractivity contribution in [3.05, 3.63) is 58.0 Å². The SMILES string of the molecule is Cc1nc(C(=O)N2CC(NC(=O)C3(c4ccccn4)CC3)C2)cc(=O)[nH]1. The van der Waals surface area contributed by atoms with Gasteiger partial charge in [0.05, 0.1) is 17.2 Å². The van der Waals surface area contributed by atoms with Crippen LogP contribution >= 0.6 is 0 Å². The van der Waals surface area contributed by atoms with Crippen molar-refractivity contribution in [1.29, 1.82) is 0 Å². The van der Waals surface area contributed by atoms with Crippen LogP contribution in [0.25, 0.3) is 0 Å². The Balaban J connectivity index is 1.36. The van der Waals surface area contributed by atoms with E-state index in [4.69, 9.17) is 0 Å². The molecule has 134 valence electrons. The van der Waals surface area contributed by atoms with Gasteiger partial charge >= 0.3 is 0 Å². The lowest BCUT2D eigenvalue weighted by atomic mass is 9.99. The average Bonchev–Trinajstić information content (AvgIpc) is 3.39. The molecule has 8 heteroatoms. The normalized spacial score (nSPS) is 18.1. The maximum absolute atomic E-state index is 12.7. The molecule has 2 N–H and O–H groups in total. The van der Waals surface area contributed by atoms with E-state index in [0.717, 1.165) is 18.5 Å². The highest BCUT2D eigenvalue weighted by Gasteiger charge is 2.53. The van der Waals surface area contributed by atoms with E-state index in [-0.39, 0.29) is 29.1 Å². The first kappa shape index (κ1) is 16.4. The molecule has 0 unspecified atom stereocenters. The maximum atomic E-state index is 12.7. The summed E-state index contributed by atoms with van der Waals surface area (Å²) in [5.74, 6) is 0.0752. The molecule has 26 heavy (non-hydrogen) atoms. The van der Waals surface area contributed by atoms with Gasteiger partial charge < -0.3 is 15.2 Å². The van der Waals surface area contributed by atoms with Crippen molar-refractivity contribution in [1.82, 2.24) is 25.2 Å². The summed E-state index contributed by atoms with van der Waals surface area (Å²) in [7, 11) is 0. The highest BCUT2D eigenvalue weighted by molar-refractivity contribution is 5.94. The van der Waals surface area contributed by atoms with Gasteiger partial charge in [0.25, 0.3) is 11.5 Å². The van der Waals surface area contributed by atoms with Gasteiger partial charge in [-0.25, -0.2) is 4.98 Å². The predicted molar refractivity (Wildman–Crippen MR) is 92.6 cm³/mol. The Labute approximate surface area is 149 Å². The summed E-state index contributed by atoms with van der Waals surface area (Å²) in [6, 6.07) is 6.70. The lowest BCUT2D eigenvalue weighted by Crippen LogP contribution is -2.62. The third-order valence-electron chi connectivity index (χ3n) is 4.92. The van der Waals surface area contributed by atoms with Crippen molar-refractivity contribution in [2.45, 2.75) is 31.2 Å². The first-order chi connectivity index (χ1) is 12.5. The second-order valence-electron chi connectivity index (χ2n) is 6.89. The average molecular weight is 353 g/mol. The largest absolute Gasteiger partial charge is 0.349 e.